The van der Waals surface area contributed by atoms with Crippen LogP contribution in [0, 0.1) is 5.92 Å². The maximum absolute atomic E-state index is 9.04. The first-order valence-electron chi connectivity index (χ1n) is 7.75. The number of hydrogen-bond acceptors (Lipinski definition) is 3. The van der Waals surface area contributed by atoms with Crippen molar-refractivity contribution in [1.82, 2.24) is 0 Å². The fourth-order valence-corrected chi connectivity index (χ4v) is 4.25. The van der Waals surface area contributed by atoms with Crippen molar-refractivity contribution in [1.29, 1.82) is 0 Å². The second kappa shape index (κ2) is 6.14. The molecule has 2 fully saturated rings. The third-order valence-corrected chi connectivity index (χ3v) is 5.22. The number of rotatable bonds is 3. The summed E-state index contributed by atoms with van der Waals surface area (Å²) in [6, 6.07) is 6.33. The highest BCUT2D eigenvalue weighted by Crippen LogP contribution is 2.39. The molecule has 3 N–H and O–H groups in total. The van der Waals surface area contributed by atoms with Crippen LogP contribution in [0.1, 0.15) is 44.1 Å². The Hall–Kier alpha value is -1.42. The molecule has 5 heteroatoms. The summed E-state index contributed by atoms with van der Waals surface area (Å²) in [6.07, 6.45) is 7.76. The maximum atomic E-state index is 9.04. The minimum absolute atomic E-state index is 0.0904. The van der Waals surface area contributed by atoms with E-state index in [-0.39, 0.29) is 5.84 Å². The predicted octanol–water partition coefficient (Wildman–Crippen LogP) is 3.59. The molecule has 1 aliphatic heterocycles. The fourth-order valence-electron chi connectivity index (χ4n) is 3.98. The smallest absolute Gasteiger partial charge is 0.173 e. The quantitative estimate of drug-likeness (QED) is 0.388. The van der Waals surface area contributed by atoms with E-state index in [0.29, 0.717) is 16.6 Å². The minimum atomic E-state index is 0.0904. The molecule has 0 radical (unpaired) electrons. The Bertz CT molecular complexity index is 540. The Labute approximate surface area is 130 Å². The number of nitrogens with two attached hydrogens (primary N) is 1. The predicted molar refractivity (Wildman–Crippen MR) is 86.3 cm³/mol. The van der Waals surface area contributed by atoms with Crippen molar-refractivity contribution in [3.8, 4) is 0 Å². The van der Waals surface area contributed by atoms with Crippen LogP contribution in [0.25, 0.3) is 0 Å². The zero-order chi connectivity index (χ0) is 14.8. The molecule has 0 amide bonds. The van der Waals surface area contributed by atoms with E-state index in [4.69, 9.17) is 22.5 Å². The number of anilines is 1. The molecule has 0 bridgehead atoms. The summed E-state index contributed by atoms with van der Waals surface area (Å²) >= 11 is 6.29. The van der Waals surface area contributed by atoms with Gasteiger partial charge in [-0.15, -0.1) is 0 Å². The SMILES string of the molecule is NC(=NO)c1c(Cl)cccc1N1CCCC1C1CCCC1. The normalized spacial score (nSPS) is 24.0. The molecule has 114 valence electrons. The monoisotopic (exact) mass is 307 g/mol. The van der Waals surface area contributed by atoms with Crippen LogP contribution in [0.3, 0.4) is 0 Å². The van der Waals surface area contributed by atoms with Gasteiger partial charge in [-0.3, -0.25) is 0 Å². The molecule has 1 saturated carbocycles. The lowest BCUT2D eigenvalue weighted by atomic mass is 9.95. The Morgan fingerprint density at radius 2 is 2.00 bits per heavy atom. The van der Waals surface area contributed by atoms with E-state index < -0.39 is 0 Å². The van der Waals surface area contributed by atoms with E-state index in [2.05, 4.69) is 10.1 Å². The van der Waals surface area contributed by atoms with Gasteiger partial charge in [-0.2, -0.15) is 0 Å². The number of amidine groups is 1. The zero-order valence-corrected chi connectivity index (χ0v) is 12.9. The van der Waals surface area contributed by atoms with Crippen LogP contribution in [0.4, 0.5) is 5.69 Å². The third-order valence-electron chi connectivity index (χ3n) is 4.91. The average Bonchev–Trinajstić information content (AvgIpc) is 3.16. The summed E-state index contributed by atoms with van der Waals surface area (Å²) < 4.78 is 0. The Balaban J connectivity index is 1.97. The molecule has 1 aromatic rings. The minimum Gasteiger partial charge on any atom is -0.409 e. The topological polar surface area (TPSA) is 61.9 Å². The number of oxime groups is 1. The molecule has 2 aliphatic rings. The molecule has 4 nitrogen and oxygen atoms in total. The van der Waals surface area contributed by atoms with E-state index in [9.17, 15) is 0 Å². The van der Waals surface area contributed by atoms with Crippen molar-refractivity contribution < 1.29 is 5.21 Å². The van der Waals surface area contributed by atoms with Gasteiger partial charge >= 0.3 is 0 Å². The van der Waals surface area contributed by atoms with Crippen LogP contribution < -0.4 is 10.6 Å². The number of hydrogen-bond donors (Lipinski definition) is 2. The number of nitrogens with zero attached hydrogens (tertiary/aromatic N) is 2. The van der Waals surface area contributed by atoms with Crippen molar-refractivity contribution in [2.75, 3.05) is 11.4 Å². The van der Waals surface area contributed by atoms with Crippen LogP contribution in [0.2, 0.25) is 5.02 Å². The van der Waals surface area contributed by atoms with Gasteiger partial charge < -0.3 is 15.8 Å². The van der Waals surface area contributed by atoms with Crippen LogP contribution in [-0.2, 0) is 0 Å². The molecule has 1 aromatic carbocycles. The van der Waals surface area contributed by atoms with Crippen LogP contribution in [-0.4, -0.2) is 23.6 Å². The molecular formula is C16H22ClN3O. The summed E-state index contributed by atoms with van der Waals surface area (Å²) in [5, 5.41) is 12.7. The standard InChI is InChI=1S/C16H22ClN3O/c17-12-7-3-8-14(15(12)16(18)19-21)20-10-4-9-13(20)11-5-1-2-6-11/h3,7-8,11,13,21H,1-2,4-6,9-10H2,(H2,18,19). The Kier molecular flexibility index (Phi) is 4.24. The average molecular weight is 308 g/mol. The van der Waals surface area contributed by atoms with E-state index in [0.717, 1.165) is 18.2 Å². The van der Waals surface area contributed by atoms with Gasteiger partial charge in [-0.1, -0.05) is 35.7 Å². The second-order valence-electron chi connectivity index (χ2n) is 6.07. The Morgan fingerprint density at radius 3 is 2.71 bits per heavy atom. The molecular weight excluding hydrogens is 286 g/mol. The summed E-state index contributed by atoms with van der Waals surface area (Å²) in [5.74, 6) is 0.860. The van der Waals surface area contributed by atoms with Gasteiger partial charge in [0.15, 0.2) is 5.84 Å². The lowest BCUT2D eigenvalue weighted by Crippen LogP contribution is -2.36. The highest BCUT2D eigenvalue weighted by Gasteiger charge is 2.34. The molecule has 3 rings (SSSR count). The molecule has 21 heavy (non-hydrogen) atoms. The van der Waals surface area contributed by atoms with Gasteiger partial charge in [-0.25, -0.2) is 0 Å². The van der Waals surface area contributed by atoms with Gasteiger partial charge in [-0.05, 0) is 43.7 Å². The van der Waals surface area contributed by atoms with Crippen LogP contribution >= 0.6 is 11.6 Å². The number of halogens is 1. The van der Waals surface area contributed by atoms with Gasteiger partial charge in [0, 0.05) is 18.3 Å². The largest absolute Gasteiger partial charge is 0.409 e. The van der Waals surface area contributed by atoms with Crippen molar-refractivity contribution in [2.24, 2.45) is 16.8 Å². The molecule has 0 spiro atoms. The van der Waals surface area contributed by atoms with Gasteiger partial charge in [0.25, 0.3) is 0 Å². The summed E-state index contributed by atoms with van der Waals surface area (Å²) in [4.78, 5) is 2.43. The molecule has 1 unspecified atom stereocenters. The summed E-state index contributed by atoms with van der Waals surface area (Å²) in [5.41, 5.74) is 7.52. The first-order valence-corrected chi connectivity index (χ1v) is 8.13. The molecule has 1 saturated heterocycles. The lowest BCUT2D eigenvalue weighted by molar-refractivity contribution is 0.318. The van der Waals surface area contributed by atoms with Crippen molar-refractivity contribution >= 4 is 23.1 Å². The molecule has 1 heterocycles. The van der Waals surface area contributed by atoms with Crippen molar-refractivity contribution in [2.45, 2.75) is 44.6 Å². The van der Waals surface area contributed by atoms with E-state index in [1.807, 2.05) is 12.1 Å². The fraction of sp³-hybridized carbons (Fsp3) is 0.562. The molecule has 1 aliphatic carbocycles. The van der Waals surface area contributed by atoms with E-state index >= 15 is 0 Å². The highest BCUT2D eigenvalue weighted by atomic mass is 35.5. The van der Waals surface area contributed by atoms with Crippen molar-refractivity contribution in [3.63, 3.8) is 0 Å². The lowest BCUT2D eigenvalue weighted by Gasteiger charge is -2.32. The molecule has 0 aromatic heterocycles. The molecule has 1 atom stereocenters. The van der Waals surface area contributed by atoms with Gasteiger partial charge in [0.1, 0.15) is 0 Å². The van der Waals surface area contributed by atoms with E-state index in [1.165, 1.54) is 38.5 Å². The summed E-state index contributed by atoms with van der Waals surface area (Å²) in [7, 11) is 0. The second-order valence-corrected chi connectivity index (χ2v) is 6.47. The highest BCUT2D eigenvalue weighted by molar-refractivity contribution is 6.34. The Morgan fingerprint density at radius 1 is 1.24 bits per heavy atom. The first-order chi connectivity index (χ1) is 10.2. The first kappa shape index (κ1) is 14.5. The van der Waals surface area contributed by atoms with Crippen LogP contribution in [0.5, 0.6) is 0 Å². The maximum Gasteiger partial charge on any atom is 0.173 e. The van der Waals surface area contributed by atoms with Gasteiger partial charge in [0.05, 0.1) is 10.6 Å². The van der Waals surface area contributed by atoms with Crippen molar-refractivity contribution in [3.05, 3.63) is 28.8 Å². The van der Waals surface area contributed by atoms with Crippen LogP contribution in [0.15, 0.2) is 23.4 Å². The number of benzene rings is 1. The van der Waals surface area contributed by atoms with Gasteiger partial charge in [0.2, 0.25) is 0 Å². The van der Waals surface area contributed by atoms with E-state index in [1.54, 1.807) is 6.07 Å². The zero-order valence-electron chi connectivity index (χ0n) is 12.1. The third kappa shape index (κ3) is 2.69. The summed E-state index contributed by atoms with van der Waals surface area (Å²) in [6.45, 7) is 1.02.